The Morgan fingerprint density at radius 1 is 1.00 bits per heavy atom. The number of aryl methyl sites for hydroxylation is 1. The van der Waals surface area contributed by atoms with E-state index in [1.54, 1.807) is 0 Å². The SMILES string of the molecule is CN1CCN(CCCc2ccccc2-c2cccnc2)CC1. The second kappa shape index (κ2) is 7.52. The molecule has 1 aromatic heterocycles. The number of hydrogen-bond acceptors (Lipinski definition) is 3. The van der Waals surface area contributed by atoms with Gasteiger partial charge in [-0.15, -0.1) is 0 Å². The summed E-state index contributed by atoms with van der Waals surface area (Å²) in [5, 5.41) is 0. The van der Waals surface area contributed by atoms with Crippen LogP contribution in [0.15, 0.2) is 48.8 Å². The van der Waals surface area contributed by atoms with E-state index >= 15 is 0 Å². The molecule has 22 heavy (non-hydrogen) atoms. The maximum Gasteiger partial charge on any atom is 0.0346 e. The summed E-state index contributed by atoms with van der Waals surface area (Å²) in [4.78, 5) is 9.25. The third kappa shape index (κ3) is 3.93. The molecule has 116 valence electrons. The highest BCUT2D eigenvalue weighted by Gasteiger charge is 2.13. The fourth-order valence-electron chi connectivity index (χ4n) is 3.11. The van der Waals surface area contributed by atoms with Gasteiger partial charge < -0.3 is 9.80 Å². The summed E-state index contributed by atoms with van der Waals surface area (Å²) in [7, 11) is 2.21. The first-order valence-corrected chi connectivity index (χ1v) is 8.22. The van der Waals surface area contributed by atoms with Crippen molar-refractivity contribution in [2.24, 2.45) is 0 Å². The molecule has 0 atom stereocenters. The van der Waals surface area contributed by atoms with Gasteiger partial charge >= 0.3 is 0 Å². The Morgan fingerprint density at radius 3 is 2.59 bits per heavy atom. The van der Waals surface area contributed by atoms with Crippen LogP contribution in [0.2, 0.25) is 0 Å². The first kappa shape index (κ1) is 15.2. The van der Waals surface area contributed by atoms with Crippen molar-refractivity contribution in [3.8, 4) is 11.1 Å². The van der Waals surface area contributed by atoms with Crippen molar-refractivity contribution in [2.75, 3.05) is 39.8 Å². The van der Waals surface area contributed by atoms with Crippen molar-refractivity contribution in [1.29, 1.82) is 0 Å². The van der Waals surface area contributed by atoms with E-state index < -0.39 is 0 Å². The highest BCUT2D eigenvalue weighted by molar-refractivity contribution is 5.66. The number of benzene rings is 1. The second-order valence-electron chi connectivity index (χ2n) is 6.15. The van der Waals surface area contributed by atoms with Gasteiger partial charge in [0.15, 0.2) is 0 Å². The molecule has 1 fully saturated rings. The van der Waals surface area contributed by atoms with Crippen LogP contribution in [-0.2, 0) is 6.42 Å². The second-order valence-corrected chi connectivity index (χ2v) is 6.15. The van der Waals surface area contributed by atoms with Crippen LogP contribution in [0.1, 0.15) is 12.0 Å². The van der Waals surface area contributed by atoms with Crippen LogP contribution in [0.5, 0.6) is 0 Å². The Morgan fingerprint density at radius 2 is 1.82 bits per heavy atom. The number of nitrogens with zero attached hydrogens (tertiary/aromatic N) is 3. The number of piperazine rings is 1. The average molecular weight is 295 g/mol. The molecule has 0 radical (unpaired) electrons. The lowest BCUT2D eigenvalue weighted by Crippen LogP contribution is -2.44. The summed E-state index contributed by atoms with van der Waals surface area (Å²) >= 11 is 0. The molecule has 1 saturated heterocycles. The van der Waals surface area contributed by atoms with Gasteiger partial charge in [0, 0.05) is 44.1 Å². The standard InChI is InChI=1S/C19H25N3/c1-21-12-14-22(15-13-21)11-5-8-17-6-2-3-9-19(17)18-7-4-10-20-16-18/h2-4,6-7,9-10,16H,5,8,11-15H2,1H3. The molecule has 2 heterocycles. The summed E-state index contributed by atoms with van der Waals surface area (Å²) < 4.78 is 0. The smallest absolute Gasteiger partial charge is 0.0346 e. The zero-order valence-corrected chi connectivity index (χ0v) is 13.4. The van der Waals surface area contributed by atoms with Gasteiger partial charge in [-0.05, 0) is 43.6 Å². The van der Waals surface area contributed by atoms with Crippen LogP contribution in [0.4, 0.5) is 0 Å². The minimum Gasteiger partial charge on any atom is -0.304 e. The average Bonchev–Trinajstić information content (AvgIpc) is 2.58. The largest absolute Gasteiger partial charge is 0.304 e. The topological polar surface area (TPSA) is 19.4 Å². The molecule has 3 heteroatoms. The normalized spacial score (nSPS) is 16.8. The van der Waals surface area contributed by atoms with Gasteiger partial charge in [0.1, 0.15) is 0 Å². The molecular formula is C19H25N3. The zero-order valence-electron chi connectivity index (χ0n) is 13.4. The molecule has 3 rings (SSSR count). The van der Waals surface area contributed by atoms with Gasteiger partial charge in [-0.3, -0.25) is 4.98 Å². The van der Waals surface area contributed by atoms with Gasteiger partial charge in [0.05, 0.1) is 0 Å². The lowest BCUT2D eigenvalue weighted by atomic mass is 9.98. The van der Waals surface area contributed by atoms with Crippen LogP contribution in [-0.4, -0.2) is 54.6 Å². The predicted molar refractivity (Wildman–Crippen MR) is 91.9 cm³/mol. The minimum absolute atomic E-state index is 1.14. The van der Waals surface area contributed by atoms with Crippen molar-refractivity contribution in [2.45, 2.75) is 12.8 Å². The zero-order chi connectivity index (χ0) is 15.2. The van der Waals surface area contributed by atoms with E-state index in [-0.39, 0.29) is 0 Å². The third-order valence-electron chi connectivity index (χ3n) is 4.51. The van der Waals surface area contributed by atoms with Crippen LogP contribution in [0.25, 0.3) is 11.1 Å². The fraction of sp³-hybridized carbons (Fsp3) is 0.421. The van der Waals surface area contributed by atoms with Crippen LogP contribution < -0.4 is 0 Å². The van der Waals surface area contributed by atoms with Gasteiger partial charge in [-0.2, -0.15) is 0 Å². The summed E-state index contributed by atoms with van der Waals surface area (Å²) in [5.41, 5.74) is 3.98. The highest BCUT2D eigenvalue weighted by Crippen LogP contribution is 2.23. The number of pyridine rings is 1. The van der Waals surface area contributed by atoms with Gasteiger partial charge in [0.2, 0.25) is 0 Å². The molecule has 0 aliphatic carbocycles. The Hall–Kier alpha value is -1.71. The molecule has 2 aromatic rings. The van der Waals surface area contributed by atoms with Crippen molar-refractivity contribution in [3.63, 3.8) is 0 Å². The lowest BCUT2D eigenvalue weighted by molar-refractivity contribution is 0.153. The van der Waals surface area contributed by atoms with E-state index in [0.717, 1.165) is 6.42 Å². The Labute approximate surface area is 133 Å². The van der Waals surface area contributed by atoms with Crippen LogP contribution in [0.3, 0.4) is 0 Å². The molecule has 1 aliphatic heterocycles. The number of rotatable bonds is 5. The summed E-state index contributed by atoms with van der Waals surface area (Å²) in [6.45, 7) is 6.02. The van der Waals surface area contributed by atoms with E-state index in [4.69, 9.17) is 0 Å². The number of aromatic nitrogens is 1. The Kier molecular flexibility index (Phi) is 5.20. The highest BCUT2D eigenvalue weighted by atomic mass is 15.2. The van der Waals surface area contributed by atoms with Gasteiger partial charge in [-0.1, -0.05) is 30.3 Å². The molecule has 1 aliphatic rings. The third-order valence-corrected chi connectivity index (χ3v) is 4.51. The van der Waals surface area contributed by atoms with E-state index in [1.165, 1.54) is 55.8 Å². The molecule has 0 bridgehead atoms. The molecule has 0 amide bonds. The van der Waals surface area contributed by atoms with Crippen molar-refractivity contribution >= 4 is 0 Å². The van der Waals surface area contributed by atoms with E-state index in [2.05, 4.69) is 52.2 Å². The summed E-state index contributed by atoms with van der Waals surface area (Å²) in [6, 6.07) is 12.9. The maximum atomic E-state index is 4.25. The van der Waals surface area contributed by atoms with Crippen molar-refractivity contribution in [1.82, 2.24) is 14.8 Å². The van der Waals surface area contributed by atoms with Gasteiger partial charge in [0.25, 0.3) is 0 Å². The maximum absolute atomic E-state index is 4.25. The Balaban J connectivity index is 1.59. The molecule has 3 nitrogen and oxygen atoms in total. The molecule has 0 unspecified atom stereocenters. The number of hydrogen-bond donors (Lipinski definition) is 0. The fourth-order valence-corrected chi connectivity index (χ4v) is 3.11. The Bertz CT molecular complexity index is 574. The van der Waals surface area contributed by atoms with E-state index in [1.807, 2.05) is 18.5 Å². The molecule has 1 aromatic carbocycles. The summed E-state index contributed by atoms with van der Waals surface area (Å²) in [5.74, 6) is 0. The van der Waals surface area contributed by atoms with Crippen molar-refractivity contribution in [3.05, 3.63) is 54.4 Å². The van der Waals surface area contributed by atoms with Crippen LogP contribution in [0, 0.1) is 0 Å². The first-order valence-electron chi connectivity index (χ1n) is 8.22. The first-order chi connectivity index (χ1) is 10.8. The molecular weight excluding hydrogens is 270 g/mol. The number of likely N-dealkylation sites (N-methyl/N-ethyl adjacent to an activating group) is 1. The minimum atomic E-state index is 1.14. The van der Waals surface area contributed by atoms with Crippen LogP contribution >= 0.6 is 0 Å². The lowest BCUT2D eigenvalue weighted by Gasteiger charge is -2.32. The molecule has 0 saturated carbocycles. The van der Waals surface area contributed by atoms with Gasteiger partial charge in [-0.25, -0.2) is 0 Å². The summed E-state index contributed by atoms with van der Waals surface area (Å²) in [6.07, 6.45) is 6.15. The predicted octanol–water partition coefficient (Wildman–Crippen LogP) is 2.93. The molecule has 0 spiro atoms. The molecule has 0 N–H and O–H groups in total. The van der Waals surface area contributed by atoms with Crippen molar-refractivity contribution < 1.29 is 0 Å². The van der Waals surface area contributed by atoms with E-state index in [0.29, 0.717) is 0 Å². The monoisotopic (exact) mass is 295 g/mol. The quantitative estimate of drug-likeness (QED) is 0.845. The van der Waals surface area contributed by atoms with E-state index in [9.17, 15) is 0 Å².